The number of likely N-dealkylation sites (tertiary alicyclic amines) is 1. The van der Waals surface area contributed by atoms with Gasteiger partial charge in [0.2, 0.25) is 14.8 Å². The van der Waals surface area contributed by atoms with E-state index in [0.29, 0.717) is 5.69 Å². The fourth-order valence-corrected chi connectivity index (χ4v) is 5.08. The summed E-state index contributed by atoms with van der Waals surface area (Å²) >= 11 is 0. The zero-order chi connectivity index (χ0) is 21.9. The van der Waals surface area contributed by atoms with Gasteiger partial charge >= 0.3 is 6.03 Å². The Labute approximate surface area is 173 Å². The number of hydrogen-bond acceptors (Lipinski definition) is 5. The Morgan fingerprint density at radius 2 is 2.00 bits per heavy atom. The second kappa shape index (κ2) is 8.36. The van der Waals surface area contributed by atoms with Gasteiger partial charge in [0.25, 0.3) is 0 Å². The van der Waals surface area contributed by atoms with E-state index in [1.165, 1.54) is 29.3 Å². The van der Waals surface area contributed by atoms with Crippen LogP contribution in [0.25, 0.3) is 0 Å². The number of alkyl halides is 1. The summed E-state index contributed by atoms with van der Waals surface area (Å²) in [6, 6.07) is 8.76. The van der Waals surface area contributed by atoms with Gasteiger partial charge in [0.1, 0.15) is 17.6 Å². The lowest BCUT2D eigenvalue weighted by molar-refractivity contribution is 0.117. The number of carbonyl (C=O) groups is 1. The van der Waals surface area contributed by atoms with Crippen LogP contribution >= 0.6 is 0 Å². The third-order valence-electron chi connectivity index (χ3n) is 5.27. The molecule has 0 unspecified atom stereocenters. The van der Waals surface area contributed by atoms with Crippen molar-refractivity contribution in [1.82, 2.24) is 9.88 Å². The molecule has 3 rings (SSSR count). The number of piperidine rings is 1. The monoisotopic (exact) mass is 434 g/mol. The first-order valence-corrected chi connectivity index (χ1v) is 10.7. The number of nitrogens with zero attached hydrogens (tertiary/aromatic N) is 3. The normalized spacial score (nSPS) is 17.1. The molecule has 158 valence electrons. The van der Waals surface area contributed by atoms with E-state index in [1.54, 1.807) is 6.07 Å². The smallest absolute Gasteiger partial charge is 0.321 e. The topological polar surface area (TPSA) is 103 Å². The molecular weight excluding hydrogens is 414 g/mol. The first kappa shape index (κ1) is 21.6. The molecule has 1 saturated heterocycles. The molecule has 1 aromatic carbocycles. The van der Waals surface area contributed by atoms with Crippen LogP contribution in [0.1, 0.15) is 25.5 Å². The van der Waals surface area contributed by atoms with Gasteiger partial charge in [-0.15, -0.1) is 0 Å². The average Bonchev–Trinajstić information content (AvgIpc) is 2.74. The number of pyridine rings is 1. The molecule has 2 aromatic rings. The summed E-state index contributed by atoms with van der Waals surface area (Å²) in [6.45, 7) is 1.33. The van der Waals surface area contributed by atoms with Crippen LogP contribution in [0.15, 0.2) is 47.5 Å². The Morgan fingerprint density at radius 1 is 1.30 bits per heavy atom. The van der Waals surface area contributed by atoms with E-state index >= 15 is 4.39 Å². The minimum absolute atomic E-state index is 0.139. The summed E-state index contributed by atoms with van der Waals surface area (Å²) in [5, 5.41) is 8.79. The third-order valence-corrected chi connectivity index (χ3v) is 7.53. The number of nitriles is 1. The lowest BCUT2D eigenvalue weighted by atomic mass is 9.92. The van der Waals surface area contributed by atoms with Gasteiger partial charge in [0.15, 0.2) is 0 Å². The largest absolute Gasteiger partial charge is 0.325 e. The predicted octanol–water partition coefficient (Wildman–Crippen LogP) is 3.50. The molecule has 2 amide bonds. The molecule has 10 heteroatoms. The first-order valence-electron chi connectivity index (χ1n) is 9.26. The van der Waals surface area contributed by atoms with Crippen LogP contribution in [0.3, 0.4) is 0 Å². The van der Waals surface area contributed by atoms with Crippen LogP contribution < -0.4 is 5.32 Å². The number of aromatic nitrogens is 1. The lowest BCUT2D eigenvalue weighted by Gasteiger charge is -2.37. The van der Waals surface area contributed by atoms with Crippen molar-refractivity contribution < 1.29 is 22.0 Å². The molecule has 2 heterocycles. The van der Waals surface area contributed by atoms with Crippen molar-refractivity contribution >= 4 is 21.6 Å². The number of sulfone groups is 1. The Morgan fingerprint density at radius 3 is 2.57 bits per heavy atom. The van der Waals surface area contributed by atoms with Gasteiger partial charge in [-0.05, 0) is 50.1 Å². The molecule has 1 aliphatic rings. The first-order chi connectivity index (χ1) is 14.1. The molecule has 1 atom stereocenters. The molecule has 30 heavy (non-hydrogen) atoms. The highest BCUT2D eigenvalue weighted by Gasteiger charge is 2.48. The molecule has 7 nitrogen and oxygen atoms in total. The third kappa shape index (κ3) is 4.26. The van der Waals surface area contributed by atoms with E-state index in [9.17, 15) is 17.6 Å². The van der Waals surface area contributed by atoms with Crippen LogP contribution in [-0.4, -0.2) is 42.4 Å². The predicted molar refractivity (Wildman–Crippen MR) is 105 cm³/mol. The van der Waals surface area contributed by atoms with Crippen molar-refractivity contribution in [3.05, 3.63) is 54.1 Å². The maximum absolute atomic E-state index is 15.5. The highest BCUT2D eigenvalue weighted by molar-refractivity contribution is 7.92. The number of rotatable bonds is 4. The number of urea groups is 1. The van der Waals surface area contributed by atoms with Crippen molar-refractivity contribution in [2.24, 2.45) is 5.92 Å². The number of halogens is 2. The van der Waals surface area contributed by atoms with Crippen molar-refractivity contribution in [2.45, 2.75) is 29.7 Å². The fraction of sp³-hybridized carbons (Fsp3) is 0.350. The Kier molecular flexibility index (Phi) is 6.03. The van der Waals surface area contributed by atoms with Gasteiger partial charge in [-0.3, -0.25) is 0 Å². The maximum atomic E-state index is 15.5. The molecule has 1 fully saturated rings. The quantitative estimate of drug-likeness (QED) is 0.793. The molecular formula is C20H20F2N4O3S. The second-order valence-corrected chi connectivity index (χ2v) is 9.46. The molecule has 1 aliphatic heterocycles. The highest BCUT2D eigenvalue weighted by Crippen LogP contribution is 2.39. The molecule has 0 saturated carbocycles. The van der Waals surface area contributed by atoms with E-state index in [1.807, 2.05) is 6.07 Å². The van der Waals surface area contributed by atoms with E-state index in [-0.39, 0.29) is 31.6 Å². The van der Waals surface area contributed by atoms with E-state index in [4.69, 9.17) is 5.26 Å². The minimum atomic E-state index is -4.41. The molecule has 0 bridgehead atoms. The van der Waals surface area contributed by atoms with Gasteiger partial charge < -0.3 is 10.2 Å². The summed E-state index contributed by atoms with van der Waals surface area (Å²) in [5.74, 6) is -1.60. The van der Waals surface area contributed by atoms with Crippen molar-refractivity contribution in [3.8, 4) is 6.07 Å². The summed E-state index contributed by atoms with van der Waals surface area (Å²) in [4.78, 5) is 17.3. The Bertz CT molecular complexity index is 1070. The van der Waals surface area contributed by atoms with Crippen LogP contribution in [-0.2, 0) is 9.84 Å². The van der Waals surface area contributed by atoms with Crippen molar-refractivity contribution in [2.75, 3.05) is 18.4 Å². The average molecular weight is 434 g/mol. The molecule has 0 spiro atoms. The van der Waals surface area contributed by atoms with Gasteiger partial charge in [-0.1, -0.05) is 6.07 Å². The van der Waals surface area contributed by atoms with Crippen LogP contribution in [0.5, 0.6) is 0 Å². The van der Waals surface area contributed by atoms with Crippen LogP contribution in [0.4, 0.5) is 19.3 Å². The fourth-order valence-electron chi connectivity index (χ4n) is 3.42. The Balaban J connectivity index is 1.65. The van der Waals surface area contributed by atoms with Crippen molar-refractivity contribution in [3.63, 3.8) is 0 Å². The van der Waals surface area contributed by atoms with Gasteiger partial charge in [0, 0.05) is 19.0 Å². The number of hydrogen-bond donors (Lipinski definition) is 1. The number of amides is 2. The van der Waals surface area contributed by atoms with Gasteiger partial charge in [0.05, 0.1) is 16.8 Å². The summed E-state index contributed by atoms with van der Waals surface area (Å²) in [5.41, 5.74) is 0.626. The summed E-state index contributed by atoms with van der Waals surface area (Å²) < 4.78 is 54.4. The molecule has 1 N–H and O–H groups in total. The second-order valence-electron chi connectivity index (χ2n) is 7.18. The zero-order valence-corrected chi connectivity index (χ0v) is 17.0. The van der Waals surface area contributed by atoms with E-state index in [0.717, 1.165) is 19.1 Å². The summed E-state index contributed by atoms with van der Waals surface area (Å²) in [6.07, 6.45) is 1.63. The van der Waals surface area contributed by atoms with Gasteiger partial charge in [-0.2, -0.15) is 5.26 Å². The zero-order valence-electron chi connectivity index (χ0n) is 16.2. The highest BCUT2D eigenvalue weighted by atomic mass is 32.2. The molecule has 0 aliphatic carbocycles. The lowest BCUT2D eigenvalue weighted by Crippen LogP contribution is -2.48. The van der Waals surface area contributed by atoms with Crippen LogP contribution in [0.2, 0.25) is 0 Å². The number of anilines is 1. The van der Waals surface area contributed by atoms with E-state index in [2.05, 4.69) is 10.3 Å². The maximum Gasteiger partial charge on any atom is 0.321 e. The Hall–Kier alpha value is -3.06. The summed E-state index contributed by atoms with van der Waals surface area (Å²) in [7, 11) is -4.41. The van der Waals surface area contributed by atoms with Crippen LogP contribution in [0, 0.1) is 23.1 Å². The number of nitrogens with one attached hydrogen (secondary N) is 1. The standard InChI is InChI=1S/C20H20F2N4O3S/c1-20(22,30(28,29)18-4-2-3-15(21)11-18)14-7-9-26(10-8-14)19(27)25-17-6-5-16(12-23)24-13-17/h2-6,11,13-14H,7-10H2,1H3,(H,25,27)/t20-/m1/s1. The number of benzene rings is 1. The van der Waals surface area contributed by atoms with Crippen molar-refractivity contribution in [1.29, 1.82) is 5.26 Å². The van der Waals surface area contributed by atoms with Gasteiger partial charge in [-0.25, -0.2) is 27.0 Å². The molecule has 0 radical (unpaired) electrons. The number of carbonyl (C=O) groups excluding carboxylic acids is 1. The molecule has 1 aromatic heterocycles. The SMILES string of the molecule is C[C@](F)(C1CCN(C(=O)Nc2ccc(C#N)nc2)CC1)S(=O)(=O)c1cccc(F)c1. The minimum Gasteiger partial charge on any atom is -0.325 e. The van der Waals surface area contributed by atoms with E-state index < -0.39 is 37.5 Å².